The highest BCUT2D eigenvalue weighted by Crippen LogP contribution is 2.23. The zero-order valence-corrected chi connectivity index (χ0v) is 13.2. The fourth-order valence-electron chi connectivity index (χ4n) is 1.97. The Balaban J connectivity index is 2.24. The molecule has 1 atom stereocenters. The van der Waals surface area contributed by atoms with Gasteiger partial charge in [0.2, 0.25) is 0 Å². The number of sulfone groups is 1. The third-order valence-electron chi connectivity index (χ3n) is 3.18. The van der Waals surface area contributed by atoms with Crippen molar-refractivity contribution in [3.63, 3.8) is 0 Å². The summed E-state index contributed by atoms with van der Waals surface area (Å²) >= 11 is 0. The molecule has 0 amide bonds. The van der Waals surface area contributed by atoms with Gasteiger partial charge < -0.3 is 4.74 Å². The Labute approximate surface area is 132 Å². The Morgan fingerprint density at radius 1 is 1.13 bits per heavy atom. The zero-order chi connectivity index (χ0) is 17.2. The van der Waals surface area contributed by atoms with E-state index in [0.717, 1.165) is 24.5 Å². The average Bonchev–Trinajstić information content (AvgIpc) is 2.48. The van der Waals surface area contributed by atoms with Gasteiger partial charge in [-0.15, -0.1) is 0 Å². The highest BCUT2D eigenvalue weighted by atomic mass is 32.2. The van der Waals surface area contributed by atoms with Crippen LogP contribution >= 0.6 is 0 Å². The summed E-state index contributed by atoms with van der Waals surface area (Å²) in [5, 5.41) is 0. The summed E-state index contributed by atoms with van der Waals surface area (Å²) < 4.78 is 54.9. The van der Waals surface area contributed by atoms with Gasteiger partial charge in [-0.3, -0.25) is 0 Å². The Morgan fingerprint density at radius 3 is 2.48 bits per heavy atom. The Kier molecular flexibility index (Phi) is 4.79. The van der Waals surface area contributed by atoms with Gasteiger partial charge in [-0.05, 0) is 43.3 Å². The van der Waals surface area contributed by atoms with Crippen molar-refractivity contribution >= 4 is 15.8 Å². The van der Waals surface area contributed by atoms with Crippen molar-refractivity contribution in [1.29, 1.82) is 0 Å². The molecule has 0 bridgehead atoms. The Morgan fingerprint density at radius 2 is 1.83 bits per heavy atom. The van der Waals surface area contributed by atoms with Crippen LogP contribution in [0.25, 0.3) is 0 Å². The molecule has 2 aromatic rings. The van der Waals surface area contributed by atoms with Crippen LogP contribution in [-0.2, 0) is 14.6 Å². The average molecular weight is 340 g/mol. The number of rotatable bonds is 4. The molecule has 4 nitrogen and oxygen atoms in total. The first-order valence-corrected chi connectivity index (χ1v) is 8.53. The first-order valence-electron chi connectivity index (χ1n) is 6.64. The molecule has 122 valence electrons. The quantitative estimate of drug-likeness (QED) is 0.802. The normalized spacial score (nSPS) is 12.7. The van der Waals surface area contributed by atoms with Crippen molar-refractivity contribution in [1.82, 2.24) is 0 Å². The van der Waals surface area contributed by atoms with Gasteiger partial charge in [0.15, 0.2) is 9.84 Å². The van der Waals surface area contributed by atoms with E-state index in [0.29, 0.717) is 0 Å². The monoisotopic (exact) mass is 340 g/mol. The second-order valence-corrected chi connectivity index (χ2v) is 7.03. The van der Waals surface area contributed by atoms with E-state index in [2.05, 4.69) is 0 Å². The van der Waals surface area contributed by atoms with Crippen molar-refractivity contribution < 1.29 is 26.7 Å². The van der Waals surface area contributed by atoms with Crippen LogP contribution in [0.15, 0.2) is 47.4 Å². The maximum absolute atomic E-state index is 13.7. The van der Waals surface area contributed by atoms with E-state index in [4.69, 9.17) is 4.74 Å². The predicted molar refractivity (Wildman–Crippen MR) is 79.7 cm³/mol. The SMILES string of the molecule is C[C@H](OC(=O)c1cccc(S(C)(=O)=O)c1)c1cc(F)ccc1F. The maximum atomic E-state index is 13.7. The number of carbonyl (C=O) groups is 1. The molecule has 2 rings (SSSR count). The smallest absolute Gasteiger partial charge is 0.338 e. The predicted octanol–water partition coefficient (Wildman–Crippen LogP) is 3.29. The molecular weight excluding hydrogens is 326 g/mol. The lowest BCUT2D eigenvalue weighted by Crippen LogP contribution is -2.11. The number of carbonyl (C=O) groups excluding carboxylic acids is 1. The van der Waals surface area contributed by atoms with Crippen molar-refractivity contribution in [3.8, 4) is 0 Å². The van der Waals surface area contributed by atoms with E-state index in [1.165, 1.54) is 31.2 Å². The van der Waals surface area contributed by atoms with Crippen LogP contribution < -0.4 is 0 Å². The molecule has 0 unspecified atom stereocenters. The van der Waals surface area contributed by atoms with E-state index in [1.807, 2.05) is 0 Å². The van der Waals surface area contributed by atoms with E-state index in [9.17, 15) is 22.0 Å². The van der Waals surface area contributed by atoms with E-state index in [-0.39, 0.29) is 16.0 Å². The van der Waals surface area contributed by atoms with Gasteiger partial charge in [-0.2, -0.15) is 0 Å². The third-order valence-corrected chi connectivity index (χ3v) is 4.29. The second kappa shape index (κ2) is 6.45. The molecule has 0 aliphatic carbocycles. The number of hydrogen-bond acceptors (Lipinski definition) is 4. The van der Waals surface area contributed by atoms with Gasteiger partial charge in [0.1, 0.15) is 17.7 Å². The highest BCUT2D eigenvalue weighted by Gasteiger charge is 2.19. The zero-order valence-electron chi connectivity index (χ0n) is 12.4. The van der Waals surface area contributed by atoms with E-state index in [1.54, 1.807) is 0 Å². The van der Waals surface area contributed by atoms with Crippen LogP contribution in [0.1, 0.15) is 28.9 Å². The van der Waals surface area contributed by atoms with Gasteiger partial charge >= 0.3 is 5.97 Å². The largest absolute Gasteiger partial charge is 0.454 e. The van der Waals surface area contributed by atoms with Crippen LogP contribution in [0.2, 0.25) is 0 Å². The van der Waals surface area contributed by atoms with E-state index < -0.39 is 33.5 Å². The number of ether oxygens (including phenoxy) is 1. The number of halogens is 2. The summed E-state index contributed by atoms with van der Waals surface area (Å²) in [4.78, 5) is 12.0. The van der Waals surface area contributed by atoms with Gasteiger partial charge in [0.05, 0.1) is 10.5 Å². The summed E-state index contributed by atoms with van der Waals surface area (Å²) in [5.41, 5.74) is -0.0887. The first kappa shape index (κ1) is 17.1. The van der Waals surface area contributed by atoms with Gasteiger partial charge in [-0.1, -0.05) is 6.07 Å². The summed E-state index contributed by atoms with van der Waals surface area (Å²) in [5.74, 6) is -2.17. The molecule has 0 aromatic heterocycles. The second-order valence-electron chi connectivity index (χ2n) is 5.01. The summed E-state index contributed by atoms with van der Waals surface area (Å²) in [6, 6.07) is 8.16. The standard InChI is InChI=1S/C16H14F2O4S/c1-10(14-9-12(17)6-7-15(14)18)22-16(19)11-4-3-5-13(8-11)23(2,20)21/h3-10H,1-2H3/t10-/m0/s1. The molecule has 0 fully saturated rings. The molecule has 2 aromatic carbocycles. The molecule has 0 radical (unpaired) electrons. The van der Waals surface area contributed by atoms with Crippen molar-refractivity contribution in [3.05, 3.63) is 65.2 Å². The Hall–Kier alpha value is -2.28. The fraction of sp³-hybridized carbons (Fsp3) is 0.188. The maximum Gasteiger partial charge on any atom is 0.338 e. The minimum atomic E-state index is -3.47. The molecule has 0 heterocycles. The molecule has 0 aliphatic rings. The summed E-state index contributed by atoms with van der Waals surface area (Å²) in [7, 11) is -3.47. The van der Waals surface area contributed by atoms with Crippen LogP contribution in [-0.4, -0.2) is 20.6 Å². The van der Waals surface area contributed by atoms with Crippen LogP contribution in [0, 0.1) is 11.6 Å². The minimum absolute atomic E-state index is 0.0107. The highest BCUT2D eigenvalue weighted by molar-refractivity contribution is 7.90. The first-order chi connectivity index (χ1) is 10.7. The molecule has 0 saturated heterocycles. The number of esters is 1. The fourth-order valence-corrected chi connectivity index (χ4v) is 2.64. The lowest BCUT2D eigenvalue weighted by Gasteiger charge is -2.14. The molecule has 0 aliphatic heterocycles. The summed E-state index contributed by atoms with van der Waals surface area (Å²) in [6.07, 6.45) is -0.0116. The van der Waals surface area contributed by atoms with Crippen molar-refractivity contribution in [2.45, 2.75) is 17.9 Å². The van der Waals surface area contributed by atoms with Crippen LogP contribution in [0.4, 0.5) is 8.78 Å². The molecular formula is C16H14F2O4S. The molecule has 23 heavy (non-hydrogen) atoms. The third kappa shape index (κ3) is 4.13. The number of benzene rings is 2. The summed E-state index contributed by atoms with van der Waals surface area (Å²) in [6.45, 7) is 1.40. The number of hydrogen-bond donors (Lipinski definition) is 0. The molecule has 0 saturated carbocycles. The van der Waals surface area contributed by atoms with Gasteiger partial charge in [-0.25, -0.2) is 22.0 Å². The van der Waals surface area contributed by atoms with Gasteiger partial charge in [0, 0.05) is 11.8 Å². The molecule has 0 spiro atoms. The van der Waals surface area contributed by atoms with Crippen LogP contribution in [0.3, 0.4) is 0 Å². The van der Waals surface area contributed by atoms with Crippen molar-refractivity contribution in [2.75, 3.05) is 6.26 Å². The minimum Gasteiger partial charge on any atom is -0.454 e. The lowest BCUT2D eigenvalue weighted by molar-refractivity contribution is 0.0330. The van der Waals surface area contributed by atoms with Crippen molar-refractivity contribution in [2.24, 2.45) is 0 Å². The topological polar surface area (TPSA) is 60.4 Å². The van der Waals surface area contributed by atoms with Crippen LogP contribution in [0.5, 0.6) is 0 Å². The van der Waals surface area contributed by atoms with E-state index >= 15 is 0 Å². The van der Waals surface area contributed by atoms with Gasteiger partial charge in [0.25, 0.3) is 0 Å². The lowest BCUT2D eigenvalue weighted by atomic mass is 10.1. The Bertz CT molecular complexity index is 847. The molecule has 7 heteroatoms. The molecule has 0 N–H and O–H groups in total.